The Bertz CT molecular complexity index is 713. The Morgan fingerprint density at radius 2 is 1.81 bits per heavy atom. The van der Waals surface area contributed by atoms with Gasteiger partial charge in [0.15, 0.2) is 5.84 Å². The quantitative estimate of drug-likeness (QED) is 0.754. The van der Waals surface area contributed by atoms with Gasteiger partial charge in [-0.15, -0.1) is 17.6 Å². The van der Waals surface area contributed by atoms with Crippen molar-refractivity contribution in [3.8, 4) is 5.75 Å². The van der Waals surface area contributed by atoms with E-state index in [0.717, 1.165) is 12.1 Å². The second-order valence-corrected chi connectivity index (χ2v) is 7.60. The predicted molar refractivity (Wildman–Crippen MR) is 71.7 cm³/mol. The molecular formula is C9H4Cl3F3N2O3S. The van der Waals surface area contributed by atoms with Gasteiger partial charge in [0.05, 0.1) is 5.69 Å². The molecule has 0 bridgehead atoms. The molecule has 2 rings (SSSR count). The highest BCUT2D eigenvalue weighted by atomic mass is 35.6. The summed E-state index contributed by atoms with van der Waals surface area (Å²) in [6.45, 7) is 0. The fraction of sp³-hybridized carbons (Fsp3) is 0.222. The summed E-state index contributed by atoms with van der Waals surface area (Å²) in [6, 6.07) is 2.62. The van der Waals surface area contributed by atoms with Gasteiger partial charge in [-0.2, -0.15) is 8.42 Å². The molecule has 0 amide bonds. The molecule has 0 atom stereocenters. The second-order valence-electron chi connectivity index (χ2n) is 3.74. The van der Waals surface area contributed by atoms with E-state index >= 15 is 0 Å². The van der Waals surface area contributed by atoms with Crippen LogP contribution in [0.2, 0.25) is 0 Å². The summed E-state index contributed by atoms with van der Waals surface area (Å²) in [5.41, 5.74) is -0.0825. The number of rotatable bonds is 1. The molecule has 116 valence electrons. The van der Waals surface area contributed by atoms with Gasteiger partial charge >= 0.3 is 6.36 Å². The first-order valence-electron chi connectivity index (χ1n) is 4.97. The van der Waals surface area contributed by atoms with Gasteiger partial charge in [0.1, 0.15) is 10.6 Å². The van der Waals surface area contributed by atoms with Gasteiger partial charge in [-0.3, -0.25) is 0 Å². The van der Waals surface area contributed by atoms with E-state index in [4.69, 9.17) is 34.8 Å². The number of anilines is 1. The average molecular weight is 384 g/mol. The normalized spacial score (nSPS) is 17.5. The minimum absolute atomic E-state index is 0.0825. The maximum absolute atomic E-state index is 12.1. The third kappa shape index (κ3) is 3.85. The fourth-order valence-corrected chi connectivity index (χ4v) is 3.06. The lowest BCUT2D eigenvalue weighted by molar-refractivity contribution is -0.274. The average Bonchev–Trinajstić information content (AvgIpc) is 2.25. The van der Waals surface area contributed by atoms with Gasteiger partial charge in [0.2, 0.25) is 3.79 Å². The summed E-state index contributed by atoms with van der Waals surface area (Å²) in [7, 11) is -4.33. The molecule has 1 aliphatic rings. The van der Waals surface area contributed by atoms with E-state index in [9.17, 15) is 21.6 Å². The number of sulfonamides is 1. The molecule has 0 saturated carbocycles. The zero-order valence-corrected chi connectivity index (χ0v) is 12.7. The molecule has 0 aromatic heterocycles. The summed E-state index contributed by atoms with van der Waals surface area (Å²) in [4.78, 5) is -0.526. The van der Waals surface area contributed by atoms with Gasteiger partial charge in [0, 0.05) is 6.07 Å². The summed E-state index contributed by atoms with van der Waals surface area (Å²) in [5, 5.41) is 2.42. The Labute approximate surface area is 131 Å². The molecule has 1 aliphatic heterocycles. The number of hydrogen-bond donors (Lipinski definition) is 1. The van der Waals surface area contributed by atoms with Crippen LogP contribution in [0.15, 0.2) is 27.5 Å². The molecule has 0 aliphatic carbocycles. The molecule has 1 heterocycles. The van der Waals surface area contributed by atoms with Crippen molar-refractivity contribution in [1.82, 2.24) is 0 Å². The first-order valence-corrected chi connectivity index (χ1v) is 7.55. The summed E-state index contributed by atoms with van der Waals surface area (Å²) >= 11 is 16.6. The molecule has 1 aromatic rings. The number of amidine groups is 1. The van der Waals surface area contributed by atoms with Crippen LogP contribution in [0.1, 0.15) is 0 Å². The lowest BCUT2D eigenvalue weighted by atomic mass is 10.3. The van der Waals surface area contributed by atoms with Crippen molar-refractivity contribution in [2.45, 2.75) is 15.1 Å². The van der Waals surface area contributed by atoms with E-state index in [-0.39, 0.29) is 5.69 Å². The van der Waals surface area contributed by atoms with Crippen LogP contribution in [0.3, 0.4) is 0 Å². The minimum atomic E-state index is -4.95. The van der Waals surface area contributed by atoms with Crippen LogP contribution in [0.4, 0.5) is 18.9 Å². The highest BCUT2D eigenvalue weighted by Crippen LogP contribution is 2.37. The van der Waals surface area contributed by atoms with Crippen LogP contribution in [0.5, 0.6) is 5.75 Å². The number of nitrogens with zero attached hydrogens (tertiary/aromatic N) is 1. The Kier molecular flexibility index (Phi) is 3.98. The van der Waals surface area contributed by atoms with Crippen molar-refractivity contribution in [3.63, 3.8) is 0 Å². The van der Waals surface area contributed by atoms with Crippen LogP contribution >= 0.6 is 34.8 Å². The van der Waals surface area contributed by atoms with Gasteiger partial charge in [-0.1, -0.05) is 34.8 Å². The molecule has 1 N–H and O–H groups in total. The molecule has 0 fully saturated rings. The first-order chi connectivity index (χ1) is 9.38. The zero-order valence-electron chi connectivity index (χ0n) is 9.58. The van der Waals surface area contributed by atoms with Crippen LogP contribution < -0.4 is 10.1 Å². The standard InChI is InChI=1S/C9H4Cl3F3N2O3S/c10-8(11,12)7-16-5-2-1-4(20-9(13,14)15)3-6(5)21(18,19)17-7/h1-3H,(H,16,17). The lowest BCUT2D eigenvalue weighted by Crippen LogP contribution is -2.32. The number of benzene rings is 1. The highest BCUT2D eigenvalue weighted by Gasteiger charge is 2.37. The molecular weight excluding hydrogens is 380 g/mol. The molecule has 0 spiro atoms. The van der Waals surface area contributed by atoms with Gasteiger partial charge < -0.3 is 10.1 Å². The van der Waals surface area contributed by atoms with Crippen molar-refractivity contribution in [1.29, 1.82) is 0 Å². The van der Waals surface area contributed by atoms with E-state index in [0.29, 0.717) is 6.07 Å². The molecule has 5 nitrogen and oxygen atoms in total. The third-order valence-corrected chi connectivity index (χ3v) is 4.05. The van der Waals surface area contributed by atoms with Crippen LogP contribution in [-0.2, 0) is 10.0 Å². The maximum atomic E-state index is 12.1. The van der Waals surface area contributed by atoms with E-state index in [1.165, 1.54) is 0 Å². The van der Waals surface area contributed by atoms with Crippen molar-refractivity contribution < 1.29 is 26.3 Å². The van der Waals surface area contributed by atoms with E-state index in [2.05, 4.69) is 14.5 Å². The third-order valence-electron chi connectivity index (χ3n) is 2.20. The molecule has 0 unspecified atom stereocenters. The Hall–Kier alpha value is -0.900. The SMILES string of the molecule is O=S1(=O)N=C(C(Cl)(Cl)Cl)Nc2ccc(OC(F)(F)F)cc21. The molecule has 12 heteroatoms. The van der Waals surface area contributed by atoms with Crippen LogP contribution in [0, 0.1) is 0 Å². The molecule has 0 saturated heterocycles. The van der Waals surface area contributed by atoms with E-state index < -0.39 is 36.7 Å². The highest BCUT2D eigenvalue weighted by molar-refractivity contribution is 7.90. The van der Waals surface area contributed by atoms with Crippen molar-refractivity contribution >= 4 is 56.3 Å². The number of hydrogen-bond acceptors (Lipinski definition) is 4. The van der Waals surface area contributed by atoms with Gasteiger partial charge in [-0.25, -0.2) is 0 Å². The van der Waals surface area contributed by atoms with Crippen LogP contribution in [-0.4, -0.2) is 24.4 Å². The predicted octanol–water partition coefficient (Wildman–Crippen LogP) is 3.47. The van der Waals surface area contributed by atoms with Crippen molar-refractivity contribution in [3.05, 3.63) is 18.2 Å². The molecule has 21 heavy (non-hydrogen) atoms. The number of fused-ring (bicyclic) bond motifs is 1. The topological polar surface area (TPSA) is 67.8 Å². The number of nitrogens with one attached hydrogen (secondary N) is 1. The number of alkyl halides is 6. The first kappa shape index (κ1) is 16.5. The minimum Gasteiger partial charge on any atom is -0.406 e. The summed E-state index contributed by atoms with van der Waals surface area (Å²) in [5.74, 6) is -1.19. The smallest absolute Gasteiger partial charge is 0.406 e. The molecule has 0 radical (unpaired) electrons. The van der Waals surface area contributed by atoms with Gasteiger partial charge in [0.25, 0.3) is 10.0 Å². The lowest BCUT2D eigenvalue weighted by Gasteiger charge is -2.22. The molecule has 1 aromatic carbocycles. The fourth-order valence-electron chi connectivity index (χ4n) is 1.46. The summed E-state index contributed by atoms with van der Waals surface area (Å²) in [6.07, 6.45) is -4.95. The zero-order chi connectivity index (χ0) is 16.1. The maximum Gasteiger partial charge on any atom is 0.573 e. The summed E-state index contributed by atoms with van der Waals surface area (Å²) < 4.78 is 64.9. The number of ether oxygens (including phenoxy) is 1. The Morgan fingerprint density at radius 1 is 1.19 bits per heavy atom. The Balaban J connectivity index is 2.48. The van der Waals surface area contributed by atoms with Crippen molar-refractivity contribution in [2.24, 2.45) is 4.40 Å². The van der Waals surface area contributed by atoms with Crippen molar-refractivity contribution in [2.75, 3.05) is 5.32 Å². The van der Waals surface area contributed by atoms with Crippen LogP contribution in [0.25, 0.3) is 0 Å². The van der Waals surface area contributed by atoms with E-state index in [1.54, 1.807) is 0 Å². The monoisotopic (exact) mass is 382 g/mol. The van der Waals surface area contributed by atoms with Gasteiger partial charge in [-0.05, 0) is 12.1 Å². The Morgan fingerprint density at radius 3 is 2.33 bits per heavy atom. The second kappa shape index (κ2) is 5.08. The van der Waals surface area contributed by atoms with E-state index in [1.807, 2.05) is 0 Å². The largest absolute Gasteiger partial charge is 0.573 e. The number of halogens is 6.